The number of nitrogens with zero attached hydrogens (tertiary/aromatic N) is 3. The molecule has 1 aliphatic rings. The number of thioether (sulfide) groups is 1. The van der Waals surface area contributed by atoms with Gasteiger partial charge in [-0.3, -0.25) is 0 Å². The maximum absolute atomic E-state index is 9.39. The molecule has 0 aromatic rings. The van der Waals surface area contributed by atoms with Crippen LogP contribution < -0.4 is 0 Å². The Hall–Kier alpha value is -0.380. The third-order valence-corrected chi connectivity index (χ3v) is 3.23. The van der Waals surface area contributed by atoms with Crippen LogP contribution in [-0.4, -0.2) is 28.8 Å². The first-order valence-electron chi connectivity index (χ1n) is 3.65. The zero-order chi connectivity index (χ0) is 8.10. The first kappa shape index (κ1) is 8.71. The van der Waals surface area contributed by atoms with E-state index in [2.05, 4.69) is 10.0 Å². The lowest BCUT2D eigenvalue weighted by molar-refractivity contribution is 0.178. The summed E-state index contributed by atoms with van der Waals surface area (Å²) in [5.74, 6) is 1.12. The SMILES string of the molecule is [N-]=[N+]=NC[C@@H](O)C1CCCS1. The highest BCUT2D eigenvalue weighted by atomic mass is 32.2. The zero-order valence-corrected chi connectivity index (χ0v) is 7.00. The summed E-state index contributed by atoms with van der Waals surface area (Å²) in [4.78, 5) is 2.60. The molecule has 0 saturated carbocycles. The Morgan fingerprint density at radius 1 is 1.82 bits per heavy atom. The van der Waals surface area contributed by atoms with E-state index in [1.54, 1.807) is 11.8 Å². The predicted octanol–water partition coefficient (Wildman–Crippen LogP) is 1.55. The van der Waals surface area contributed by atoms with Gasteiger partial charge in [0.15, 0.2) is 0 Å². The van der Waals surface area contributed by atoms with Crippen molar-refractivity contribution in [3.8, 4) is 0 Å². The molecule has 1 fully saturated rings. The molecule has 1 aliphatic heterocycles. The monoisotopic (exact) mass is 173 g/mol. The van der Waals surface area contributed by atoms with Crippen molar-refractivity contribution in [3.63, 3.8) is 0 Å². The van der Waals surface area contributed by atoms with Crippen LogP contribution in [0.15, 0.2) is 5.11 Å². The number of hydrogen-bond acceptors (Lipinski definition) is 3. The van der Waals surface area contributed by atoms with E-state index >= 15 is 0 Å². The van der Waals surface area contributed by atoms with Crippen LogP contribution in [0.3, 0.4) is 0 Å². The van der Waals surface area contributed by atoms with Gasteiger partial charge in [-0.05, 0) is 24.1 Å². The highest BCUT2D eigenvalue weighted by molar-refractivity contribution is 8.00. The fourth-order valence-corrected chi connectivity index (χ4v) is 2.42. The van der Waals surface area contributed by atoms with Crippen molar-refractivity contribution >= 4 is 11.8 Å². The van der Waals surface area contributed by atoms with Crippen LogP contribution in [0.4, 0.5) is 0 Å². The molecule has 1 N–H and O–H groups in total. The lowest BCUT2D eigenvalue weighted by Gasteiger charge is -2.13. The van der Waals surface area contributed by atoms with Crippen LogP contribution >= 0.6 is 11.8 Å². The molecule has 62 valence electrons. The van der Waals surface area contributed by atoms with Crippen molar-refractivity contribution in [1.29, 1.82) is 0 Å². The van der Waals surface area contributed by atoms with E-state index in [-0.39, 0.29) is 6.54 Å². The van der Waals surface area contributed by atoms with Gasteiger partial charge in [-0.1, -0.05) is 5.11 Å². The van der Waals surface area contributed by atoms with Gasteiger partial charge in [-0.2, -0.15) is 11.8 Å². The maximum Gasteiger partial charge on any atom is 0.0715 e. The van der Waals surface area contributed by atoms with Crippen molar-refractivity contribution in [1.82, 2.24) is 0 Å². The van der Waals surface area contributed by atoms with Gasteiger partial charge < -0.3 is 5.11 Å². The summed E-state index contributed by atoms with van der Waals surface area (Å²) in [7, 11) is 0. The molecule has 5 heteroatoms. The first-order valence-corrected chi connectivity index (χ1v) is 4.70. The molecular weight excluding hydrogens is 162 g/mol. The van der Waals surface area contributed by atoms with E-state index < -0.39 is 6.10 Å². The Kier molecular flexibility index (Phi) is 3.56. The Morgan fingerprint density at radius 3 is 3.18 bits per heavy atom. The molecule has 0 aliphatic carbocycles. The number of aliphatic hydroxyl groups is 1. The van der Waals surface area contributed by atoms with Crippen molar-refractivity contribution in [2.75, 3.05) is 12.3 Å². The third kappa shape index (κ3) is 2.61. The third-order valence-electron chi connectivity index (χ3n) is 1.73. The Balaban J connectivity index is 2.27. The summed E-state index contributed by atoms with van der Waals surface area (Å²) >= 11 is 1.77. The number of hydrogen-bond donors (Lipinski definition) is 1. The topological polar surface area (TPSA) is 69.0 Å². The summed E-state index contributed by atoms with van der Waals surface area (Å²) in [6.07, 6.45) is 1.77. The molecule has 0 radical (unpaired) electrons. The lowest BCUT2D eigenvalue weighted by atomic mass is 10.1. The lowest BCUT2D eigenvalue weighted by Crippen LogP contribution is -2.23. The molecule has 0 bridgehead atoms. The molecule has 11 heavy (non-hydrogen) atoms. The zero-order valence-electron chi connectivity index (χ0n) is 6.18. The van der Waals surface area contributed by atoms with Crippen molar-refractivity contribution < 1.29 is 5.11 Å². The normalized spacial score (nSPS) is 26.1. The van der Waals surface area contributed by atoms with Crippen molar-refractivity contribution in [3.05, 3.63) is 10.4 Å². The molecule has 1 unspecified atom stereocenters. The largest absolute Gasteiger partial charge is 0.392 e. The molecule has 1 heterocycles. The van der Waals surface area contributed by atoms with Gasteiger partial charge in [-0.15, -0.1) is 0 Å². The number of azide groups is 1. The van der Waals surface area contributed by atoms with Gasteiger partial charge in [0.25, 0.3) is 0 Å². The van der Waals surface area contributed by atoms with Gasteiger partial charge in [-0.25, -0.2) is 0 Å². The van der Waals surface area contributed by atoms with E-state index in [9.17, 15) is 5.11 Å². The quantitative estimate of drug-likeness (QED) is 0.399. The maximum atomic E-state index is 9.39. The van der Waals surface area contributed by atoms with Crippen molar-refractivity contribution in [2.24, 2.45) is 5.11 Å². The van der Waals surface area contributed by atoms with Crippen LogP contribution in [-0.2, 0) is 0 Å². The summed E-state index contributed by atoms with van der Waals surface area (Å²) in [5.41, 5.74) is 8.00. The summed E-state index contributed by atoms with van der Waals surface area (Å²) in [6, 6.07) is 0. The van der Waals surface area contributed by atoms with Crippen LogP contribution in [0.25, 0.3) is 10.4 Å². The number of aliphatic hydroxyl groups excluding tert-OH is 1. The molecular formula is C6H11N3OS. The second kappa shape index (κ2) is 4.49. The molecule has 0 amide bonds. The molecule has 1 saturated heterocycles. The van der Waals surface area contributed by atoms with Gasteiger partial charge in [0.2, 0.25) is 0 Å². The van der Waals surface area contributed by atoms with Gasteiger partial charge >= 0.3 is 0 Å². The molecule has 0 aromatic carbocycles. The van der Waals surface area contributed by atoms with Crippen LogP contribution in [0.1, 0.15) is 12.8 Å². The van der Waals surface area contributed by atoms with Gasteiger partial charge in [0.1, 0.15) is 0 Å². The first-order chi connectivity index (χ1) is 5.34. The van der Waals surface area contributed by atoms with E-state index in [4.69, 9.17) is 5.53 Å². The Labute approximate surface area is 69.6 Å². The van der Waals surface area contributed by atoms with E-state index in [0.29, 0.717) is 5.25 Å². The Morgan fingerprint density at radius 2 is 2.64 bits per heavy atom. The minimum absolute atomic E-state index is 0.216. The molecule has 4 nitrogen and oxygen atoms in total. The molecule has 1 rings (SSSR count). The minimum atomic E-state index is -0.446. The van der Waals surface area contributed by atoms with Crippen LogP contribution in [0, 0.1) is 0 Å². The average molecular weight is 173 g/mol. The standard InChI is InChI=1S/C6H11N3OS/c7-9-8-4-5(10)6-2-1-3-11-6/h5-6,10H,1-4H2/t5-,6?/m1/s1. The van der Waals surface area contributed by atoms with Gasteiger partial charge in [0.05, 0.1) is 12.6 Å². The van der Waals surface area contributed by atoms with E-state index in [0.717, 1.165) is 12.2 Å². The molecule has 0 spiro atoms. The van der Waals surface area contributed by atoms with Crippen molar-refractivity contribution in [2.45, 2.75) is 24.2 Å². The average Bonchev–Trinajstić information content (AvgIpc) is 2.52. The summed E-state index contributed by atoms with van der Waals surface area (Å²) in [6.45, 7) is 0.216. The summed E-state index contributed by atoms with van der Waals surface area (Å²) < 4.78 is 0. The molecule has 0 aromatic heterocycles. The summed E-state index contributed by atoms with van der Waals surface area (Å²) in [5, 5.41) is 13.0. The predicted molar refractivity (Wildman–Crippen MR) is 45.5 cm³/mol. The van der Waals surface area contributed by atoms with Gasteiger partial charge in [0, 0.05) is 10.2 Å². The minimum Gasteiger partial charge on any atom is -0.392 e. The van der Waals surface area contributed by atoms with E-state index in [1.807, 2.05) is 0 Å². The highest BCUT2D eigenvalue weighted by Gasteiger charge is 2.22. The second-order valence-corrected chi connectivity index (χ2v) is 3.88. The van der Waals surface area contributed by atoms with Crippen LogP contribution in [0.2, 0.25) is 0 Å². The Bertz CT molecular complexity index is 163. The number of rotatable bonds is 3. The fraction of sp³-hybridized carbons (Fsp3) is 1.00. The van der Waals surface area contributed by atoms with E-state index in [1.165, 1.54) is 6.42 Å². The smallest absolute Gasteiger partial charge is 0.0715 e. The highest BCUT2D eigenvalue weighted by Crippen LogP contribution is 2.28. The second-order valence-electron chi connectivity index (χ2n) is 2.53. The fourth-order valence-electron chi connectivity index (χ4n) is 1.14. The molecule has 2 atom stereocenters. The van der Waals surface area contributed by atoms with Crippen LogP contribution in [0.5, 0.6) is 0 Å².